The van der Waals surface area contributed by atoms with Crippen molar-refractivity contribution >= 4 is 11.6 Å². The van der Waals surface area contributed by atoms with Crippen LogP contribution in [0.25, 0.3) is 0 Å². The van der Waals surface area contributed by atoms with Gasteiger partial charge in [-0.3, -0.25) is 20.1 Å². The molecule has 0 saturated carbocycles. The van der Waals surface area contributed by atoms with Crippen molar-refractivity contribution in [1.82, 2.24) is 10.3 Å². The lowest BCUT2D eigenvalue weighted by Gasteiger charge is -2.46. The Bertz CT molecular complexity index is 833. The summed E-state index contributed by atoms with van der Waals surface area (Å²) in [6.45, 7) is 0.850. The van der Waals surface area contributed by atoms with Gasteiger partial charge in [0.15, 0.2) is 11.5 Å². The smallest absolute Gasteiger partial charge is 0.255 e. The van der Waals surface area contributed by atoms with Gasteiger partial charge in [-0.15, -0.1) is 0 Å². The van der Waals surface area contributed by atoms with E-state index in [1.54, 1.807) is 21.3 Å². The quantitative estimate of drug-likeness (QED) is 0.857. The number of fused-ring (bicyclic) bond motifs is 1. The second kappa shape index (κ2) is 7.59. The number of hydrazine groups is 1. The molecule has 2 fully saturated rings. The SMILES string of the molecule is COc1cc(C2N(c3ccccc3)NC(=O)[C@H]3CCCN23)cc(OC)c1OC. The summed E-state index contributed by atoms with van der Waals surface area (Å²) in [5.41, 5.74) is 4.98. The fourth-order valence-electron chi connectivity index (χ4n) is 4.15. The number of nitrogens with one attached hydrogen (secondary N) is 1. The van der Waals surface area contributed by atoms with Gasteiger partial charge >= 0.3 is 0 Å². The zero-order valence-electron chi connectivity index (χ0n) is 16.3. The summed E-state index contributed by atoms with van der Waals surface area (Å²) in [5, 5.41) is 1.92. The van der Waals surface area contributed by atoms with E-state index in [1.807, 2.05) is 47.5 Å². The Balaban J connectivity index is 1.85. The molecule has 2 aromatic carbocycles. The zero-order valence-corrected chi connectivity index (χ0v) is 16.3. The zero-order chi connectivity index (χ0) is 19.7. The Hall–Kier alpha value is -2.93. The minimum atomic E-state index is -0.179. The highest BCUT2D eigenvalue weighted by molar-refractivity contribution is 5.85. The lowest BCUT2D eigenvalue weighted by atomic mass is 10.1. The Morgan fingerprint density at radius 2 is 1.68 bits per heavy atom. The van der Waals surface area contributed by atoms with Crippen LogP contribution < -0.4 is 24.6 Å². The van der Waals surface area contributed by atoms with Gasteiger partial charge in [-0.05, 0) is 42.7 Å². The van der Waals surface area contributed by atoms with E-state index in [2.05, 4.69) is 10.3 Å². The highest BCUT2D eigenvalue weighted by Gasteiger charge is 2.44. The number of amides is 1. The first-order valence-corrected chi connectivity index (χ1v) is 9.38. The fourth-order valence-corrected chi connectivity index (χ4v) is 4.15. The average molecular weight is 383 g/mol. The molecule has 4 rings (SSSR count). The van der Waals surface area contributed by atoms with Crippen molar-refractivity contribution in [3.05, 3.63) is 48.0 Å². The van der Waals surface area contributed by atoms with Gasteiger partial charge < -0.3 is 14.2 Å². The highest BCUT2D eigenvalue weighted by atomic mass is 16.5. The van der Waals surface area contributed by atoms with E-state index < -0.39 is 0 Å². The maximum atomic E-state index is 12.7. The topological polar surface area (TPSA) is 63.3 Å². The van der Waals surface area contributed by atoms with E-state index >= 15 is 0 Å². The third kappa shape index (κ3) is 3.01. The van der Waals surface area contributed by atoms with Gasteiger partial charge in [0, 0.05) is 6.54 Å². The molecule has 1 unspecified atom stereocenters. The van der Waals surface area contributed by atoms with E-state index in [1.165, 1.54) is 0 Å². The van der Waals surface area contributed by atoms with Crippen LogP contribution >= 0.6 is 0 Å². The van der Waals surface area contributed by atoms with E-state index in [-0.39, 0.29) is 18.1 Å². The molecule has 148 valence electrons. The molecule has 0 bridgehead atoms. The van der Waals surface area contributed by atoms with Gasteiger partial charge in [0.05, 0.1) is 33.1 Å². The molecule has 2 aliphatic heterocycles. The number of benzene rings is 2. The predicted octanol–water partition coefficient (Wildman–Crippen LogP) is 2.73. The van der Waals surface area contributed by atoms with Crippen LogP contribution in [0.5, 0.6) is 17.2 Å². The van der Waals surface area contributed by atoms with Gasteiger partial charge in [0.2, 0.25) is 5.75 Å². The Kier molecular flexibility index (Phi) is 5.00. The van der Waals surface area contributed by atoms with Gasteiger partial charge in [0.1, 0.15) is 6.17 Å². The minimum absolute atomic E-state index is 0.0324. The summed E-state index contributed by atoms with van der Waals surface area (Å²) in [7, 11) is 4.81. The summed E-state index contributed by atoms with van der Waals surface area (Å²) in [4.78, 5) is 15.0. The van der Waals surface area contributed by atoms with Crippen molar-refractivity contribution in [2.45, 2.75) is 25.0 Å². The summed E-state index contributed by atoms with van der Waals surface area (Å²) in [6, 6.07) is 13.6. The van der Waals surface area contributed by atoms with Crippen molar-refractivity contribution in [2.24, 2.45) is 0 Å². The lowest BCUT2D eigenvalue weighted by Crippen LogP contribution is -2.62. The average Bonchev–Trinajstić information content (AvgIpc) is 3.23. The number of carbonyl (C=O) groups is 1. The summed E-state index contributed by atoms with van der Waals surface area (Å²) < 4.78 is 16.6. The van der Waals surface area contributed by atoms with Gasteiger partial charge in [-0.1, -0.05) is 18.2 Å². The first-order chi connectivity index (χ1) is 13.7. The molecule has 2 atom stereocenters. The molecule has 7 nitrogen and oxygen atoms in total. The highest BCUT2D eigenvalue weighted by Crippen LogP contribution is 2.44. The third-order valence-electron chi connectivity index (χ3n) is 5.41. The molecule has 0 aromatic heterocycles. The van der Waals surface area contributed by atoms with Gasteiger partial charge in [-0.25, -0.2) is 0 Å². The largest absolute Gasteiger partial charge is 0.493 e. The Morgan fingerprint density at radius 1 is 1.00 bits per heavy atom. The van der Waals surface area contributed by atoms with Crippen molar-refractivity contribution in [3.63, 3.8) is 0 Å². The molecule has 1 amide bonds. The molecular formula is C21H25N3O4. The maximum absolute atomic E-state index is 12.7. The molecule has 28 heavy (non-hydrogen) atoms. The first-order valence-electron chi connectivity index (χ1n) is 9.38. The molecule has 2 aromatic rings. The molecule has 2 saturated heterocycles. The van der Waals surface area contributed by atoms with Crippen molar-refractivity contribution in [3.8, 4) is 17.2 Å². The normalized spacial score (nSPS) is 21.8. The van der Waals surface area contributed by atoms with Gasteiger partial charge in [-0.2, -0.15) is 0 Å². The molecule has 1 N–H and O–H groups in total. The van der Waals surface area contributed by atoms with Crippen LogP contribution in [0.15, 0.2) is 42.5 Å². The predicted molar refractivity (Wildman–Crippen MR) is 106 cm³/mol. The van der Waals surface area contributed by atoms with E-state index in [9.17, 15) is 4.79 Å². The lowest BCUT2D eigenvalue weighted by molar-refractivity contribution is -0.130. The number of para-hydroxylation sites is 1. The van der Waals surface area contributed by atoms with Crippen LogP contribution in [0.2, 0.25) is 0 Å². The second-order valence-corrected chi connectivity index (χ2v) is 6.91. The van der Waals surface area contributed by atoms with Crippen LogP contribution in [0, 0.1) is 0 Å². The van der Waals surface area contributed by atoms with Crippen LogP contribution in [0.3, 0.4) is 0 Å². The molecule has 0 aliphatic carbocycles. The summed E-state index contributed by atoms with van der Waals surface area (Å²) in [5.74, 6) is 1.78. The number of nitrogens with zero attached hydrogens (tertiary/aromatic N) is 2. The fraction of sp³-hybridized carbons (Fsp3) is 0.381. The number of hydrogen-bond acceptors (Lipinski definition) is 6. The van der Waals surface area contributed by atoms with E-state index in [0.717, 1.165) is 30.6 Å². The first kappa shape index (κ1) is 18.4. The summed E-state index contributed by atoms with van der Waals surface area (Å²) in [6.07, 6.45) is 1.66. The maximum Gasteiger partial charge on any atom is 0.255 e. The van der Waals surface area contributed by atoms with Crippen LogP contribution in [-0.2, 0) is 4.79 Å². The minimum Gasteiger partial charge on any atom is -0.493 e. The number of methoxy groups -OCH3 is 3. The molecule has 7 heteroatoms. The molecular weight excluding hydrogens is 358 g/mol. The monoisotopic (exact) mass is 383 g/mol. The van der Waals surface area contributed by atoms with Crippen molar-refractivity contribution < 1.29 is 19.0 Å². The van der Waals surface area contributed by atoms with Crippen molar-refractivity contribution in [1.29, 1.82) is 0 Å². The van der Waals surface area contributed by atoms with Crippen LogP contribution in [0.4, 0.5) is 5.69 Å². The Morgan fingerprint density at radius 3 is 2.29 bits per heavy atom. The molecule has 0 spiro atoms. The van der Waals surface area contributed by atoms with E-state index in [4.69, 9.17) is 14.2 Å². The number of anilines is 1. The van der Waals surface area contributed by atoms with E-state index in [0.29, 0.717) is 17.2 Å². The number of carbonyl (C=O) groups excluding carboxylic acids is 1. The van der Waals surface area contributed by atoms with Gasteiger partial charge in [0.25, 0.3) is 5.91 Å². The van der Waals surface area contributed by atoms with Crippen LogP contribution in [-0.4, -0.2) is 44.7 Å². The Labute approximate surface area is 164 Å². The standard InChI is InChI=1S/C21H25N3O4/c1-26-17-12-14(13-18(27-2)19(17)28-3)21-23-11-7-10-16(23)20(25)22-24(21)15-8-5-4-6-9-15/h4-6,8-9,12-13,16,21H,7,10-11H2,1-3H3,(H,22,25)/t16-,21?/m1/s1. The second-order valence-electron chi connectivity index (χ2n) is 6.91. The summed E-state index contributed by atoms with van der Waals surface area (Å²) >= 11 is 0. The molecule has 2 heterocycles. The van der Waals surface area contributed by atoms with Crippen molar-refractivity contribution in [2.75, 3.05) is 32.9 Å². The molecule has 2 aliphatic rings. The van der Waals surface area contributed by atoms with Crippen LogP contribution in [0.1, 0.15) is 24.6 Å². The number of ether oxygens (including phenoxy) is 3. The number of rotatable bonds is 5. The molecule has 0 radical (unpaired) electrons. The third-order valence-corrected chi connectivity index (χ3v) is 5.41. The number of hydrogen-bond donors (Lipinski definition) is 1.